The molecule has 0 saturated heterocycles. The Kier molecular flexibility index (Phi) is 5.96. The zero-order chi connectivity index (χ0) is 14.4. The molecule has 1 saturated carbocycles. The number of hydrogen-bond acceptors (Lipinski definition) is 3. The maximum absolute atomic E-state index is 4.84. The van der Waals surface area contributed by atoms with Crippen molar-refractivity contribution in [2.24, 2.45) is 5.92 Å². The van der Waals surface area contributed by atoms with Crippen molar-refractivity contribution in [3.63, 3.8) is 0 Å². The van der Waals surface area contributed by atoms with Crippen LogP contribution in [0, 0.1) is 5.92 Å². The van der Waals surface area contributed by atoms with Crippen LogP contribution in [0.3, 0.4) is 0 Å². The van der Waals surface area contributed by atoms with Crippen LogP contribution in [0.15, 0.2) is 0 Å². The quantitative estimate of drug-likeness (QED) is 0.704. The highest BCUT2D eigenvalue weighted by atomic mass is 14.9. The highest BCUT2D eigenvalue weighted by Gasteiger charge is 2.23. The van der Waals surface area contributed by atoms with E-state index in [-0.39, 0.29) is 0 Å². The number of nitrogens with zero attached hydrogens (tertiary/aromatic N) is 2. The van der Waals surface area contributed by atoms with Crippen LogP contribution in [0.4, 0.5) is 0 Å². The molecule has 3 nitrogen and oxygen atoms in total. The standard InChI is InChI=1S/C17H29N3/c1-4-10-18-11-9-14-15(5-2)19-17(12-13-7-8-13)20-16(14)6-3/h13,18H,4-12H2,1-3H3. The van der Waals surface area contributed by atoms with Crippen molar-refractivity contribution in [3.05, 3.63) is 22.8 Å². The minimum absolute atomic E-state index is 0.862. The van der Waals surface area contributed by atoms with Crippen LogP contribution in [0.2, 0.25) is 0 Å². The second-order valence-corrected chi connectivity index (χ2v) is 5.87. The molecule has 1 aromatic rings. The average Bonchev–Trinajstić information content (AvgIpc) is 3.27. The largest absolute Gasteiger partial charge is 0.316 e. The van der Waals surface area contributed by atoms with Gasteiger partial charge in [-0.15, -0.1) is 0 Å². The Morgan fingerprint density at radius 3 is 2.15 bits per heavy atom. The Hall–Kier alpha value is -0.960. The molecule has 20 heavy (non-hydrogen) atoms. The second kappa shape index (κ2) is 7.72. The monoisotopic (exact) mass is 275 g/mol. The molecule has 0 amide bonds. The predicted molar refractivity (Wildman–Crippen MR) is 84.1 cm³/mol. The van der Waals surface area contributed by atoms with Crippen molar-refractivity contribution in [2.75, 3.05) is 13.1 Å². The van der Waals surface area contributed by atoms with Gasteiger partial charge in [-0.2, -0.15) is 0 Å². The maximum Gasteiger partial charge on any atom is 0.129 e. The fourth-order valence-corrected chi connectivity index (χ4v) is 2.70. The highest BCUT2D eigenvalue weighted by Crippen LogP contribution is 2.32. The van der Waals surface area contributed by atoms with Crippen LogP contribution in [0.1, 0.15) is 62.8 Å². The van der Waals surface area contributed by atoms with E-state index in [1.807, 2.05) is 0 Å². The lowest BCUT2D eigenvalue weighted by atomic mass is 10.0. The molecule has 1 heterocycles. The third-order valence-electron chi connectivity index (χ3n) is 4.04. The molecule has 0 unspecified atom stereocenters. The zero-order valence-corrected chi connectivity index (χ0v) is 13.3. The molecule has 0 bridgehead atoms. The first-order valence-electron chi connectivity index (χ1n) is 8.36. The van der Waals surface area contributed by atoms with Crippen molar-refractivity contribution < 1.29 is 0 Å². The summed E-state index contributed by atoms with van der Waals surface area (Å²) in [5.41, 5.74) is 3.97. The van der Waals surface area contributed by atoms with Gasteiger partial charge < -0.3 is 5.32 Å². The van der Waals surface area contributed by atoms with Crippen LogP contribution < -0.4 is 5.32 Å². The average molecular weight is 275 g/mol. The summed E-state index contributed by atoms with van der Waals surface area (Å²) in [6.45, 7) is 8.78. The molecule has 1 aliphatic carbocycles. The topological polar surface area (TPSA) is 37.8 Å². The molecule has 0 aromatic carbocycles. The summed E-state index contributed by atoms with van der Waals surface area (Å²) < 4.78 is 0. The van der Waals surface area contributed by atoms with E-state index in [2.05, 4.69) is 26.1 Å². The van der Waals surface area contributed by atoms with E-state index in [9.17, 15) is 0 Å². The molecule has 0 spiro atoms. The van der Waals surface area contributed by atoms with Crippen molar-refractivity contribution in [1.29, 1.82) is 0 Å². The number of hydrogen-bond donors (Lipinski definition) is 1. The molecular formula is C17H29N3. The molecule has 1 aliphatic rings. The molecule has 1 N–H and O–H groups in total. The summed E-state index contributed by atoms with van der Waals surface area (Å²) in [5, 5.41) is 3.49. The van der Waals surface area contributed by atoms with Crippen LogP contribution in [0.25, 0.3) is 0 Å². The van der Waals surface area contributed by atoms with Gasteiger partial charge in [0.15, 0.2) is 0 Å². The number of aromatic nitrogens is 2. The first-order valence-corrected chi connectivity index (χ1v) is 8.36. The van der Waals surface area contributed by atoms with Gasteiger partial charge in [0.1, 0.15) is 5.82 Å². The number of nitrogens with one attached hydrogen (secondary N) is 1. The summed E-state index contributed by atoms with van der Waals surface area (Å²) in [6.07, 6.45) is 8.14. The summed E-state index contributed by atoms with van der Waals surface area (Å²) in [4.78, 5) is 9.68. The third kappa shape index (κ3) is 4.27. The highest BCUT2D eigenvalue weighted by molar-refractivity contribution is 5.27. The van der Waals surface area contributed by atoms with Crippen LogP contribution in [-0.4, -0.2) is 23.1 Å². The van der Waals surface area contributed by atoms with E-state index in [0.717, 1.165) is 50.5 Å². The van der Waals surface area contributed by atoms with Gasteiger partial charge in [-0.3, -0.25) is 0 Å². The molecule has 1 aromatic heterocycles. The number of aryl methyl sites for hydroxylation is 2. The Morgan fingerprint density at radius 2 is 1.65 bits per heavy atom. The van der Waals surface area contributed by atoms with Gasteiger partial charge in [0, 0.05) is 17.8 Å². The maximum atomic E-state index is 4.84. The minimum Gasteiger partial charge on any atom is -0.316 e. The van der Waals surface area contributed by atoms with Crippen molar-refractivity contribution >= 4 is 0 Å². The van der Waals surface area contributed by atoms with E-state index in [0.29, 0.717) is 0 Å². The van der Waals surface area contributed by atoms with E-state index >= 15 is 0 Å². The first kappa shape index (κ1) is 15.4. The van der Waals surface area contributed by atoms with Gasteiger partial charge in [-0.25, -0.2) is 9.97 Å². The molecule has 0 atom stereocenters. The first-order chi connectivity index (χ1) is 9.78. The molecule has 0 aliphatic heterocycles. The Morgan fingerprint density at radius 1 is 1.00 bits per heavy atom. The molecule has 2 rings (SSSR count). The van der Waals surface area contributed by atoms with Crippen LogP contribution >= 0.6 is 0 Å². The molecule has 112 valence electrons. The number of rotatable bonds is 9. The second-order valence-electron chi connectivity index (χ2n) is 5.87. The normalized spacial score (nSPS) is 14.8. The lowest BCUT2D eigenvalue weighted by Crippen LogP contribution is -2.20. The van der Waals surface area contributed by atoms with E-state index in [1.165, 1.54) is 36.2 Å². The van der Waals surface area contributed by atoms with E-state index < -0.39 is 0 Å². The molecule has 0 radical (unpaired) electrons. The molecule has 1 fully saturated rings. The Balaban J connectivity index is 2.10. The van der Waals surface area contributed by atoms with Crippen LogP contribution in [0.5, 0.6) is 0 Å². The SMILES string of the molecule is CCCNCCc1c(CC)nc(CC2CC2)nc1CC. The predicted octanol–water partition coefficient (Wildman–Crippen LogP) is 3.10. The van der Waals surface area contributed by atoms with Gasteiger partial charge >= 0.3 is 0 Å². The Bertz CT molecular complexity index is 399. The summed E-state index contributed by atoms with van der Waals surface area (Å²) in [5.74, 6) is 1.95. The van der Waals surface area contributed by atoms with E-state index in [1.54, 1.807) is 0 Å². The van der Waals surface area contributed by atoms with Gasteiger partial charge in [0.05, 0.1) is 0 Å². The third-order valence-corrected chi connectivity index (χ3v) is 4.04. The zero-order valence-electron chi connectivity index (χ0n) is 13.3. The van der Waals surface area contributed by atoms with E-state index in [4.69, 9.17) is 9.97 Å². The fourth-order valence-electron chi connectivity index (χ4n) is 2.70. The van der Waals surface area contributed by atoms with Crippen molar-refractivity contribution in [2.45, 2.75) is 65.7 Å². The summed E-state index contributed by atoms with van der Waals surface area (Å²) in [6, 6.07) is 0. The lowest BCUT2D eigenvalue weighted by molar-refractivity contribution is 0.657. The fraction of sp³-hybridized carbons (Fsp3) is 0.765. The minimum atomic E-state index is 0.862. The smallest absolute Gasteiger partial charge is 0.129 e. The van der Waals surface area contributed by atoms with Gasteiger partial charge in [0.2, 0.25) is 0 Å². The molecular weight excluding hydrogens is 246 g/mol. The van der Waals surface area contributed by atoms with Crippen LogP contribution in [-0.2, 0) is 25.7 Å². The summed E-state index contributed by atoms with van der Waals surface area (Å²) >= 11 is 0. The van der Waals surface area contributed by atoms with Gasteiger partial charge in [-0.05, 0) is 63.1 Å². The van der Waals surface area contributed by atoms with Gasteiger partial charge in [-0.1, -0.05) is 20.8 Å². The van der Waals surface area contributed by atoms with Gasteiger partial charge in [0.25, 0.3) is 0 Å². The molecule has 3 heteroatoms. The van der Waals surface area contributed by atoms with Crippen molar-refractivity contribution in [1.82, 2.24) is 15.3 Å². The summed E-state index contributed by atoms with van der Waals surface area (Å²) in [7, 11) is 0. The lowest BCUT2D eigenvalue weighted by Gasteiger charge is -2.14. The Labute approximate surface area is 123 Å². The van der Waals surface area contributed by atoms with Crippen molar-refractivity contribution in [3.8, 4) is 0 Å².